The second-order valence-electron chi connectivity index (χ2n) is 7.49. The van der Waals surface area contributed by atoms with Gasteiger partial charge in [0.05, 0.1) is 41.3 Å². The summed E-state index contributed by atoms with van der Waals surface area (Å²) in [4.78, 5) is 2.10. The molecule has 1 aromatic heterocycles. The van der Waals surface area contributed by atoms with Crippen LogP contribution in [0.25, 0.3) is 5.69 Å². The molecular weight excluding hydrogens is 430 g/mol. The molecular formula is C24H30ClN3O4. The largest absolute Gasteiger partial charge is 0.437 e. The Balaban J connectivity index is 1.99. The Bertz CT molecular complexity index is 981. The van der Waals surface area contributed by atoms with Gasteiger partial charge in [-0.05, 0) is 31.2 Å². The summed E-state index contributed by atoms with van der Waals surface area (Å²) in [5, 5.41) is 15.6. The average Bonchev–Trinajstić information content (AvgIpc) is 3.09. The molecule has 0 aliphatic carbocycles. The second-order valence-corrected chi connectivity index (χ2v) is 7.89. The van der Waals surface area contributed by atoms with E-state index in [2.05, 4.69) is 4.90 Å². The summed E-state index contributed by atoms with van der Waals surface area (Å²) >= 11 is 6.38. The number of ether oxygens (including phenoxy) is 3. The fraction of sp³-hybridized carbons (Fsp3) is 0.375. The van der Waals surface area contributed by atoms with Crippen LogP contribution < -0.4 is 4.74 Å². The van der Waals surface area contributed by atoms with Crippen LogP contribution in [0.2, 0.25) is 5.02 Å². The lowest BCUT2D eigenvalue weighted by molar-refractivity contribution is 0.0291. The smallest absolute Gasteiger partial charge is 0.227 e. The SMILES string of the molecule is COCCN(Cc1c(C)nn(-c2ccccc2)c1Oc1ccccc1Cl)C[C@@H](O)COC. The molecule has 0 saturated carbocycles. The maximum Gasteiger partial charge on any atom is 0.227 e. The van der Waals surface area contributed by atoms with Crippen molar-refractivity contribution in [1.82, 2.24) is 14.7 Å². The molecule has 32 heavy (non-hydrogen) atoms. The first-order valence-corrected chi connectivity index (χ1v) is 10.9. The third-order valence-corrected chi connectivity index (χ3v) is 5.31. The lowest BCUT2D eigenvalue weighted by atomic mass is 10.2. The van der Waals surface area contributed by atoms with E-state index >= 15 is 0 Å². The van der Waals surface area contributed by atoms with Gasteiger partial charge in [0.1, 0.15) is 5.75 Å². The molecule has 1 atom stereocenters. The number of nitrogens with zero attached hydrogens (tertiary/aromatic N) is 3. The van der Waals surface area contributed by atoms with E-state index in [1.54, 1.807) is 25.0 Å². The number of aromatic nitrogens is 2. The van der Waals surface area contributed by atoms with Crippen LogP contribution in [0.1, 0.15) is 11.3 Å². The first-order valence-electron chi connectivity index (χ1n) is 10.5. The van der Waals surface area contributed by atoms with Crippen LogP contribution in [-0.2, 0) is 16.0 Å². The summed E-state index contributed by atoms with van der Waals surface area (Å²) in [6.07, 6.45) is -0.616. The van der Waals surface area contributed by atoms with Crippen LogP contribution in [0, 0.1) is 6.92 Å². The highest BCUT2D eigenvalue weighted by molar-refractivity contribution is 6.32. The van der Waals surface area contributed by atoms with Crippen LogP contribution >= 0.6 is 11.6 Å². The van der Waals surface area contributed by atoms with E-state index in [9.17, 15) is 5.11 Å². The number of aryl methyl sites for hydroxylation is 1. The van der Waals surface area contributed by atoms with E-state index in [1.807, 2.05) is 55.5 Å². The van der Waals surface area contributed by atoms with Crippen molar-refractivity contribution in [2.75, 3.05) is 40.5 Å². The number of aliphatic hydroxyl groups excluding tert-OH is 1. The molecule has 0 amide bonds. The summed E-state index contributed by atoms with van der Waals surface area (Å²) < 4.78 is 18.5. The lowest BCUT2D eigenvalue weighted by Crippen LogP contribution is -2.36. The Morgan fingerprint density at radius 3 is 2.47 bits per heavy atom. The predicted molar refractivity (Wildman–Crippen MR) is 125 cm³/mol. The molecule has 0 aliphatic rings. The van der Waals surface area contributed by atoms with E-state index in [4.69, 9.17) is 30.9 Å². The number of para-hydroxylation sites is 2. The number of hydrogen-bond acceptors (Lipinski definition) is 6. The van der Waals surface area contributed by atoms with Gasteiger partial charge in [-0.3, -0.25) is 4.90 Å². The first kappa shape index (κ1) is 24.2. The van der Waals surface area contributed by atoms with E-state index in [0.29, 0.717) is 42.9 Å². The third-order valence-electron chi connectivity index (χ3n) is 5.00. The third kappa shape index (κ3) is 6.31. The number of benzene rings is 2. The first-order chi connectivity index (χ1) is 15.5. The highest BCUT2D eigenvalue weighted by atomic mass is 35.5. The number of hydrogen-bond donors (Lipinski definition) is 1. The lowest BCUT2D eigenvalue weighted by Gasteiger charge is -2.25. The molecule has 2 aromatic carbocycles. The zero-order chi connectivity index (χ0) is 22.9. The van der Waals surface area contributed by atoms with Gasteiger partial charge in [-0.1, -0.05) is 41.9 Å². The van der Waals surface area contributed by atoms with E-state index in [0.717, 1.165) is 16.9 Å². The molecule has 0 unspecified atom stereocenters. The Kier molecular flexibility index (Phi) is 9.08. The summed E-state index contributed by atoms with van der Waals surface area (Å²) in [7, 11) is 3.24. The van der Waals surface area contributed by atoms with E-state index in [-0.39, 0.29) is 6.61 Å². The molecule has 0 fully saturated rings. The van der Waals surface area contributed by atoms with Crippen molar-refractivity contribution in [2.45, 2.75) is 19.6 Å². The van der Waals surface area contributed by atoms with Crippen molar-refractivity contribution in [3.8, 4) is 17.3 Å². The zero-order valence-electron chi connectivity index (χ0n) is 18.7. The highest BCUT2D eigenvalue weighted by Gasteiger charge is 2.23. The highest BCUT2D eigenvalue weighted by Crippen LogP contribution is 2.34. The number of halogens is 1. The molecule has 0 aliphatic heterocycles. The van der Waals surface area contributed by atoms with Crippen LogP contribution in [0.3, 0.4) is 0 Å². The molecule has 0 spiro atoms. The van der Waals surface area contributed by atoms with Crippen molar-refractivity contribution in [3.05, 3.63) is 70.9 Å². The van der Waals surface area contributed by atoms with E-state index < -0.39 is 6.10 Å². The fourth-order valence-electron chi connectivity index (χ4n) is 3.42. The number of rotatable bonds is 12. The second kappa shape index (κ2) is 12.0. The van der Waals surface area contributed by atoms with Crippen LogP contribution in [0.4, 0.5) is 0 Å². The predicted octanol–water partition coefficient (Wildman–Crippen LogP) is 4.08. The van der Waals surface area contributed by atoms with Gasteiger partial charge in [0.15, 0.2) is 0 Å². The van der Waals surface area contributed by atoms with Gasteiger partial charge in [-0.15, -0.1) is 0 Å². The molecule has 0 radical (unpaired) electrons. The average molecular weight is 460 g/mol. The summed E-state index contributed by atoms with van der Waals surface area (Å²) in [6.45, 7) is 4.33. The molecule has 1 heterocycles. The summed E-state index contributed by atoms with van der Waals surface area (Å²) in [5.74, 6) is 1.14. The fourth-order valence-corrected chi connectivity index (χ4v) is 3.60. The maximum absolute atomic E-state index is 10.3. The molecule has 0 bridgehead atoms. The molecule has 1 N–H and O–H groups in total. The Hall–Kier alpha value is -2.42. The topological polar surface area (TPSA) is 69.0 Å². The molecule has 8 heteroatoms. The Labute approximate surface area is 194 Å². The van der Waals surface area contributed by atoms with Gasteiger partial charge in [0.25, 0.3) is 0 Å². The van der Waals surface area contributed by atoms with Crippen molar-refractivity contribution >= 4 is 11.6 Å². The van der Waals surface area contributed by atoms with Gasteiger partial charge in [-0.2, -0.15) is 5.10 Å². The van der Waals surface area contributed by atoms with Gasteiger partial charge in [-0.25, -0.2) is 4.68 Å². The maximum atomic E-state index is 10.3. The molecule has 172 valence electrons. The van der Waals surface area contributed by atoms with Crippen LogP contribution in [-0.4, -0.2) is 66.4 Å². The van der Waals surface area contributed by atoms with Crippen LogP contribution in [0.5, 0.6) is 11.6 Å². The monoisotopic (exact) mass is 459 g/mol. The molecule has 7 nitrogen and oxygen atoms in total. The Morgan fingerprint density at radius 2 is 1.78 bits per heavy atom. The van der Waals surface area contributed by atoms with Crippen molar-refractivity contribution in [3.63, 3.8) is 0 Å². The van der Waals surface area contributed by atoms with Crippen LogP contribution in [0.15, 0.2) is 54.6 Å². The van der Waals surface area contributed by atoms with E-state index in [1.165, 1.54) is 0 Å². The zero-order valence-corrected chi connectivity index (χ0v) is 19.5. The van der Waals surface area contributed by atoms with Gasteiger partial charge in [0.2, 0.25) is 5.88 Å². The van der Waals surface area contributed by atoms with Crippen molar-refractivity contribution in [1.29, 1.82) is 0 Å². The molecule has 3 rings (SSSR count). The Morgan fingerprint density at radius 1 is 1.06 bits per heavy atom. The van der Waals surface area contributed by atoms with Crippen molar-refractivity contribution < 1.29 is 19.3 Å². The standard InChI is InChI=1S/C24H30ClN3O4/c1-18-21(16-27(13-14-30-2)15-20(29)17-31-3)24(32-23-12-8-7-11-22(23)25)28(26-18)19-9-5-4-6-10-19/h4-12,20,29H,13-17H2,1-3H3/t20-/m1/s1. The molecule has 0 saturated heterocycles. The number of aliphatic hydroxyl groups is 1. The minimum absolute atomic E-state index is 0.259. The quantitative estimate of drug-likeness (QED) is 0.440. The normalized spacial score (nSPS) is 12.3. The minimum atomic E-state index is -0.616. The van der Waals surface area contributed by atoms with Crippen molar-refractivity contribution in [2.24, 2.45) is 0 Å². The van der Waals surface area contributed by atoms with Gasteiger partial charge in [0, 0.05) is 33.9 Å². The summed E-state index contributed by atoms with van der Waals surface area (Å²) in [6, 6.07) is 17.2. The molecule has 3 aromatic rings. The minimum Gasteiger partial charge on any atom is -0.437 e. The van der Waals surface area contributed by atoms with Gasteiger partial charge < -0.3 is 19.3 Å². The number of methoxy groups -OCH3 is 2. The summed E-state index contributed by atoms with van der Waals surface area (Å²) in [5.41, 5.74) is 2.63. The van der Waals surface area contributed by atoms with Gasteiger partial charge >= 0.3 is 0 Å².